The Balaban J connectivity index is 4.19. The van der Waals surface area contributed by atoms with Gasteiger partial charge in [0.2, 0.25) is 0 Å². The monoisotopic (exact) mass is 465 g/mol. The molecule has 0 aliphatic carbocycles. The fourth-order valence-corrected chi connectivity index (χ4v) is 7.29. The third-order valence-corrected chi connectivity index (χ3v) is 8.64. The topological polar surface area (TPSA) is 0 Å². The molecule has 0 spiro atoms. The van der Waals surface area contributed by atoms with Crippen LogP contribution in [-0.2, 0) is 0 Å². The average Bonchev–Trinajstić information content (AvgIpc) is 2.65. The Labute approximate surface area is 212 Å². The van der Waals surface area contributed by atoms with Gasteiger partial charge in [0.15, 0.2) is 0 Å². The molecule has 0 nitrogen and oxygen atoms in total. The van der Waals surface area contributed by atoms with Crippen molar-refractivity contribution in [3.05, 3.63) is 0 Å². The molecule has 0 bridgehead atoms. The van der Waals surface area contributed by atoms with E-state index in [2.05, 4.69) is 83.1 Å². The van der Waals surface area contributed by atoms with E-state index in [1.54, 1.807) is 0 Å². The van der Waals surface area contributed by atoms with E-state index in [0.29, 0.717) is 0 Å². The van der Waals surface area contributed by atoms with Crippen LogP contribution in [-0.4, -0.2) is 0 Å². The molecule has 0 saturated carbocycles. The molecule has 0 aromatic carbocycles. The zero-order chi connectivity index (χ0) is 25.6. The van der Waals surface area contributed by atoms with Gasteiger partial charge in [0.05, 0.1) is 0 Å². The number of hydrogen-bond donors (Lipinski definition) is 0. The lowest BCUT2D eigenvalue weighted by Gasteiger charge is -2.27. The van der Waals surface area contributed by atoms with Gasteiger partial charge in [-0.3, -0.25) is 0 Å². The van der Waals surface area contributed by atoms with E-state index in [-0.39, 0.29) is 0 Å². The Morgan fingerprint density at radius 1 is 0.242 bits per heavy atom. The molecule has 0 heteroatoms. The summed E-state index contributed by atoms with van der Waals surface area (Å²) in [4.78, 5) is 0. The lowest BCUT2D eigenvalue weighted by Crippen LogP contribution is -2.15. The van der Waals surface area contributed by atoms with Crippen LogP contribution in [0.15, 0.2) is 0 Å². The third kappa shape index (κ3) is 18.0. The molecule has 0 aromatic rings. The molecule has 33 heavy (non-hydrogen) atoms. The maximum atomic E-state index is 2.52. The SMILES string of the molecule is CCC(C)CC(C)CC(C)CC(C)CC(C)C[C@@H](C)C[C@@H](C)C[C@@H](C)C[C@@H](C)C[C@@H](C)CC. The van der Waals surface area contributed by atoms with Gasteiger partial charge in [0.1, 0.15) is 0 Å². The third-order valence-electron chi connectivity index (χ3n) is 8.64. The fourth-order valence-electron chi connectivity index (χ4n) is 7.29. The minimum atomic E-state index is 0.875. The molecule has 0 rings (SSSR count). The van der Waals surface area contributed by atoms with Crippen molar-refractivity contribution >= 4 is 0 Å². The van der Waals surface area contributed by atoms with Crippen LogP contribution in [0.2, 0.25) is 0 Å². The Hall–Kier alpha value is 0. The standard InChI is InChI=1S/C33H68/c1-13-24(3)15-26(5)17-28(7)19-30(9)21-32(11)23-33(12)22-31(10)20-29(8)18-27(6)16-25(4)14-2/h24-33H,13-23H2,1-12H3/t24-,25?,26-,27?,28-,29?,30-,31?,32-,33?/m0/s1. The van der Waals surface area contributed by atoms with Gasteiger partial charge < -0.3 is 0 Å². The van der Waals surface area contributed by atoms with Gasteiger partial charge in [-0.25, -0.2) is 0 Å². The maximum Gasteiger partial charge on any atom is -0.0438 e. The van der Waals surface area contributed by atoms with Gasteiger partial charge >= 0.3 is 0 Å². The van der Waals surface area contributed by atoms with Crippen molar-refractivity contribution in [1.29, 1.82) is 0 Å². The molecule has 10 atom stereocenters. The van der Waals surface area contributed by atoms with Gasteiger partial charge in [-0.2, -0.15) is 0 Å². The molecule has 0 aliphatic rings. The zero-order valence-corrected chi connectivity index (χ0v) is 25.6. The highest BCUT2D eigenvalue weighted by Crippen LogP contribution is 2.32. The molecule has 5 unspecified atom stereocenters. The summed E-state index contributed by atoms with van der Waals surface area (Å²) in [7, 11) is 0. The largest absolute Gasteiger partial charge is 0.0651 e. The van der Waals surface area contributed by atoms with Crippen LogP contribution in [0, 0.1) is 59.2 Å². The number of hydrogen-bond acceptors (Lipinski definition) is 0. The molecule has 0 aliphatic heterocycles. The molecule has 0 aromatic heterocycles. The summed E-state index contributed by atoms with van der Waals surface area (Å²) in [5.41, 5.74) is 0. The van der Waals surface area contributed by atoms with Gasteiger partial charge in [0, 0.05) is 0 Å². The second-order valence-corrected chi connectivity index (χ2v) is 14.0. The summed E-state index contributed by atoms with van der Waals surface area (Å²) in [5, 5.41) is 0. The Kier molecular flexibility index (Phi) is 18.3. The highest BCUT2D eigenvalue weighted by Gasteiger charge is 2.20. The van der Waals surface area contributed by atoms with E-state index < -0.39 is 0 Å². The van der Waals surface area contributed by atoms with Gasteiger partial charge in [-0.1, -0.05) is 95.9 Å². The van der Waals surface area contributed by atoms with Crippen LogP contribution in [0.3, 0.4) is 0 Å². The summed E-state index contributed by atoms with van der Waals surface area (Å²) in [6.07, 6.45) is 15.5. The highest BCUT2D eigenvalue weighted by atomic mass is 14.3. The van der Waals surface area contributed by atoms with Crippen molar-refractivity contribution in [2.75, 3.05) is 0 Å². The second-order valence-electron chi connectivity index (χ2n) is 14.0. The zero-order valence-electron chi connectivity index (χ0n) is 25.6. The summed E-state index contributed by atoms with van der Waals surface area (Å²) >= 11 is 0. The normalized spacial score (nSPS) is 21.5. The fraction of sp³-hybridized carbons (Fsp3) is 1.00. The molecule has 200 valence electrons. The molecule has 0 N–H and O–H groups in total. The molecular formula is C33H68. The van der Waals surface area contributed by atoms with Gasteiger partial charge in [0.25, 0.3) is 0 Å². The Bertz CT molecular complexity index is 399. The van der Waals surface area contributed by atoms with Crippen molar-refractivity contribution < 1.29 is 0 Å². The van der Waals surface area contributed by atoms with E-state index >= 15 is 0 Å². The van der Waals surface area contributed by atoms with Crippen LogP contribution in [0.25, 0.3) is 0 Å². The lowest BCUT2D eigenvalue weighted by molar-refractivity contribution is 0.250. The maximum absolute atomic E-state index is 2.52. The molecular weight excluding hydrogens is 396 g/mol. The predicted molar refractivity (Wildman–Crippen MR) is 154 cm³/mol. The minimum absolute atomic E-state index is 0.875. The first kappa shape index (κ1) is 33.0. The second kappa shape index (κ2) is 18.3. The van der Waals surface area contributed by atoms with Gasteiger partial charge in [-0.15, -0.1) is 0 Å². The van der Waals surface area contributed by atoms with Crippen molar-refractivity contribution in [3.63, 3.8) is 0 Å². The van der Waals surface area contributed by atoms with Crippen LogP contribution in [0.4, 0.5) is 0 Å². The van der Waals surface area contributed by atoms with Crippen LogP contribution in [0.5, 0.6) is 0 Å². The van der Waals surface area contributed by atoms with Crippen molar-refractivity contribution in [3.8, 4) is 0 Å². The number of rotatable bonds is 20. The van der Waals surface area contributed by atoms with Gasteiger partial charge in [-0.05, 0) is 117 Å². The smallest absolute Gasteiger partial charge is 0.0438 e. The molecule has 0 radical (unpaired) electrons. The predicted octanol–water partition coefficient (Wildman–Crippen LogP) is 11.7. The Morgan fingerprint density at radius 2 is 0.364 bits per heavy atom. The van der Waals surface area contributed by atoms with E-state index in [4.69, 9.17) is 0 Å². The first-order chi connectivity index (χ1) is 15.4. The van der Waals surface area contributed by atoms with E-state index in [9.17, 15) is 0 Å². The molecule has 0 fully saturated rings. The summed E-state index contributed by atoms with van der Waals surface area (Å²) < 4.78 is 0. The molecule has 0 amide bonds. The summed E-state index contributed by atoms with van der Waals surface area (Å²) in [6.45, 7) is 29.5. The lowest BCUT2D eigenvalue weighted by atomic mass is 9.79. The van der Waals surface area contributed by atoms with Crippen LogP contribution in [0.1, 0.15) is 154 Å². The molecule has 0 heterocycles. The quantitative estimate of drug-likeness (QED) is 0.168. The van der Waals surface area contributed by atoms with Crippen LogP contribution >= 0.6 is 0 Å². The average molecular weight is 465 g/mol. The first-order valence-electron chi connectivity index (χ1n) is 15.4. The van der Waals surface area contributed by atoms with Crippen LogP contribution < -0.4 is 0 Å². The van der Waals surface area contributed by atoms with E-state index in [1.165, 1.54) is 70.6 Å². The first-order valence-corrected chi connectivity index (χ1v) is 15.4. The van der Waals surface area contributed by atoms with Crippen molar-refractivity contribution in [1.82, 2.24) is 0 Å². The minimum Gasteiger partial charge on any atom is -0.0651 e. The summed E-state index contributed by atoms with van der Waals surface area (Å²) in [6, 6.07) is 0. The summed E-state index contributed by atoms with van der Waals surface area (Å²) in [5.74, 6) is 8.84. The van der Waals surface area contributed by atoms with Crippen molar-refractivity contribution in [2.24, 2.45) is 59.2 Å². The highest BCUT2D eigenvalue weighted by molar-refractivity contribution is 4.71. The van der Waals surface area contributed by atoms with E-state index in [1.807, 2.05) is 0 Å². The molecule has 0 saturated heterocycles. The Morgan fingerprint density at radius 3 is 0.485 bits per heavy atom. The van der Waals surface area contributed by atoms with Crippen molar-refractivity contribution in [2.45, 2.75) is 154 Å². The van der Waals surface area contributed by atoms with E-state index in [0.717, 1.165) is 59.2 Å².